The summed E-state index contributed by atoms with van der Waals surface area (Å²) in [4.78, 5) is 0. The minimum absolute atomic E-state index is 0.639. The average Bonchev–Trinajstić information content (AvgIpc) is 2.46. The maximum absolute atomic E-state index is 5.31. The summed E-state index contributed by atoms with van der Waals surface area (Å²) in [6, 6.07) is 6.18. The molecule has 0 saturated carbocycles. The van der Waals surface area contributed by atoms with Gasteiger partial charge in [-0.2, -0.15) is 0 Å². The average molecular weight is 344 g/mol. The molecule has 4 heteroatoms. The molecule has 0 spiro atoms. The highest BCUT2D eigenvalue weighted by molar-refractivity contribution is 9.10. The van der Waals surface area contributed by atoms with Gasteiger partial charge in [0.2, 0.25) is 0 Å². The Morgan fingerprint density at radius 1 is 1.30 bits per heavy atom. The van der Waals surface area contributed by atoms with Crippen LogP contribution in [0.1, 0.15) is 25.3 Å². The van der Waals surface area contributed by atoms with Crippen LogP contribution in [0, 0.1) is 5.92 Å². The van der Waals surface area contributed by atoms with E-state index in [0.717, 1.165) is 36.3 Å². The van der Waals surface area contributed by atoms with Crippen LogP contribution >= 0.6 is 15.9 Å². The second-order valence-electron chi connectivity index (χ2n) is 5.01. The third kappa shape index (κ3) is 6.25. The molecule has 0 aromatic heterocycles. The normalized spacial score (nSPS) is 12.4. The molecule has 1 N–H and O–H groups in total. The van der Waals surface area contributed by atoms with E-state index in [4.69, 9.17) is 9.47 Å². The Bertz CT molecular complexity index is 385. The van der Waals surface area contributed by atoms with Crippen molar-refractivity contribution in [2.75, 3.05) is 33.9 Å². The molecule has 0 bridgehead atoms. The first-order valence-corrected chi connectivity index (χ1v) is 8.02. The van der Waals surface area contributed by atoms with Gasteiger partial charge in [-0.15, -0.1) is 0 Å². The van der Waals surface area contributed by atoms with Crippen LogP contribution in [0.15, 0.2) is 22.7 Å². The van der Waals surface area contributed by atoms with Gasteiger partial charge in [-0.05, 0) is 49.1 Å². The van der Waals surface area contributed by atoms with E-state index in [1.54, 1.807) is 14.2 Å². The molecule has 0 aliphatic rings. The van der Waals surface area contributed by atoms with E-state index < -0.39 is 0 Å². The van der Waals surface area contributed by atoms with Gasteiger partial charge in [-0.25, -0.2) is 0 Å². The third-order valence-corrected chi connectivity index (χ3v) is 4.15. The van der Waals surface area contributed by atoms with E-state index in [-0.39, 0.29) is 0 Å². The minimum atomic E-state index is 0.639. The minimum Gasteiger partial charge on any atom is -0.497 e. The summed E-state index contributed by atoms with van der Waals surface area (Å²) in [5, 5.41) is 3.47. The number of benzene rings is 1. The molecule has 20 heavy (non-hydrogen) atoms. The molecule has 1 aromatic carbocycles. The smallest absolute Gasteiger partial charge is 0.119 e. The molecule has 1 atom stereocenters. The third-order valence-electron chi connectivity index (χ3n) is 3.37. The molecule has 0 aliphatic carbocycles. The lowest BCUT2D eigenvalue weighted by atomic mass is 9.95. The van der Waals surface area contributed by atoms with Crippen LogP contribution in [0.5, 0.6) is 5.75 Å². The van der Waals surface area contributed by atoms with E-state index >= 15 is 0 Å². The van der Waals surface area contributed by atoms with Gasteiger partial charge in [-0.1, -0.05) is 29.3 Å². The Morgan fingerprint density at radius 2 is 2.10 bits per heavy atom. The van der Waals surface area contributed by atoms with Crippen LogP contribution in [0.3, 0.4) is 0 Å². The zero-order chi connectivity index (χ0) is 14.8. The number of hydrogen-bond acceptors (Lipinski definition) is 3. The summed E-state index contributed by atoms with van der Waals surface area (Å²) in [5.74, 6) is 1.56. The van der Waals surface area contributed by atoms with Crippen molar-refractivity contribution >= 4 is 15.9 Å². The Morgan fingerprint density at radius 3 is 2.75 bits per heavy atom. The number of methoxy groups -OCH3 is 2. The van der Waals surface area contributed by atoms with Crippen LogP contribution < -0.4 is 10.1 Å². The van der Waals surface area contributed by atoms with Gasteiger partial charge in [0.15, 0.2) is 0 Å². The zero-order valence-electron chi connectivity index (χ0n) is 12.7. The Hall–Kier alpha value is -0.580. The van der Waals surface area contributed by atoms with Gasteiger partial charge in [0.05, 0.1) is 13.7 Å². The van der Waals surface area contributed by atoms with Crippen LogP contribution in [0.4, 0.5) is 0 Å². The predicted octanol–water partition coefficient (Wildman–Crippen LogP) is 3.65. The standard InChI is InChI=1S/C16H26BrNO2/c1-4-5-13(12-18-8-9-19-2)10-14-11-15(20-3)6-7-16(14)17/h6-7,11,13,18H,4-5,8-10,12H2,1-3H3. The molecule has 1 unspecified atom stereocenters. The number of ether oxygens (including phenoxy) is 2. The quantitative estimate of drug-likeness (QED) is 0.657. The van der Waals surface area contributed by atoms with Crippen molar-refractivity contribution in [3.05, 3.63) is 28.2 Å². The van der Waals surface area contributed by atoms with Gasteiger partial charge >= 0.3 is 0 Å². The van der Waals surface area contributed by atoms with E-state index in [9.17, 15) is 0 Å². The Balaban J connectivity index is 2.59. The number of hydrogen-bond donors (Lipinski definition) is 1. The second kappa shape index (κ2) is 10.2. The van der Waals surface area contributed by atoms with E-state index in [1.165, 1.54) is 18.4 Å². The lowest BCUT2D eigenvalue weighted by Gasteiger charge is -2.18. The van der Waals surface area contributed by atoms with Crippen molar-refractivity contribution in [3.63, 3.8) is 0 Å². The Kier molecular flexibility index (Phi) is 8.90. The summed E-state index contributed by atoms with van der Waals surface area (Å²) < 4.78 is 11.5. The first kappa shape index (κ1) is 17.5. The molecule has 0 radical (unpaired) electrons. The first-order valence-electron chi connectivity index (χ1n) is 7.23. The fraction of sp³-hybridized carbons (Fsp3) is 0.625. The highest BCUT2D eigenvalue weighted by Crippen LogP contribution is 2.26. The SMILES string of the molecule is CCCC(CNCCOC)Cc1cc(OC)ccc1Br. The fourth-order valence-electron chi connectivity index (χ4n) is 2.31. The summed E-state index contributed by atoms with van der Waals surface area (Å²) in [5.41, 5.74) is 1.32. The van der Waals surface area contributed by atoms with Crippen molar-refractivity contribution < 1.29 is 9.47 Å². The van der Waals surface area contributed by atoms with E-state index in [0.29, 0.717) is 5.92 Å². The van der Waals surface area contributed by atoms with Crippen LogP contribution in [-0.4, -0.2) is 33.9 Å². The largest absolute Gasteiger partial charge is 0.497 e. The molecule has 1 rings (SSSR count). The van der Waals surface area contributed by atoms with Gasteiger partial charge < -0.3 is 14.8 Å². The van der Waals surface area contributed by atoms with Crippen LogP contribution in [0.2, 0.25) is 0 Å². The van der Waals surface area contributed by atoms with Crippen LogP contribution in [0.25, 0.3) is 0 Å². The summed E-state index contributed by atoms with van der Waals surface area (Å²) in [7, 11) is 3.45. The molecule has 0 fully saturated rings. The van der Waals surface area contributed by atoms with Gasteiger partial charge in [-0.3, -0.25) is 0 Å². The topological polar surface area (TPSA) is 30.5 Å². The maximum atomic E-state index is 5.31. The highest BCUT2D eigenvalue weighted by Gasteiger charge is 2.11. The van der Waals surface area contributed by atoms with Crippen molar-refractivity contribution in [1.29, 1.82) is 0 Å². The molecular formula is C16H26BrNO2. The van der Waals surface area contributed by atoms with Crippen LogP contribution in [-0.2, 0) is 11.2 Å². The lowest BCUT2D eigenvalue weighted by molar-refractivity contribution is 0.197. The van der Waals surface area contributed by atoms with Gasteiger partial charge in [0.25, 0.3) is 0 Å². The van der Waals surface area contributed by atoms with Crippen molar-refractivity contribution in [2.24, 2.45) is 5.92 Å². The molecule has 0 heterocycles. The lowest BCUT2D eigenvalue weighted by Crippen LogP contribution is -2.27. The molecule has 0 saturated heterocycles. The summed E-state index contributed by atoms with van der Waals surface area (Å²) >= 11 is 3.64. The molecule has 0 aliphatic heterocycles. The Labute approximate surface area is 131 Å². The highest BCUT2D eigenvalue weighted by atomic mass is 79.9. The maximum Gasteiger partial charge on any atom is 0.119 e. The predicted molar refractivity (Wildman–Crippen MR) is 87.5 cm³/mol. The molecule has 0 amide bonds. The van der Waals surface area contributed by atoms with Gasteiger partial charge in [0.1, 0.15) is 5.75 Å². The number of rotatable bonds is 10. The van der Waals surface area contributed by atoms with Crippen molar-refractivity contribution in [1.82, 2.24) is 5.32 Å². The summed E-state index contributed by atoms with van der Waals surface area (Å²) in [6.07, 6.45) is 3.49. The zero-order valence-corrected chi connectivity index (χ0v) is 14.3. The molecule has 1 aromatic rings. The molecule has 114 valence electrons. The van der Waals surface area contributed by atoms with Crippen molar-refractivity contribution in [3.8, 4) is 5.75 Å². The fourth-order valence-corrected chi connectivity index (χ4v) is 2.72. The molecular weight excluding hydrogens is 318 g/mol. The summed E-state index contributed by atoms with van der Waals surface area (Å²) in [6.45, 7) is 4.95. The number of halogens is 1. The number of nitrogens with one attached hydrogen (secondary N) is 1. The van der Waals surface area contributed by atoms with Gasteiger partial charge in [0, 0.05) is 18.1 Å². The second-order valence-corrected chi connectivity index (χ2v) is 5.87. The van der Waals surface area contributed by atoms with E-state index in [2.05, 4.69) is 40.3 Å². The monoisotopic (exact) mass is 343 g/mol. The first-order chi connectivity index (χ1) is 9.71. The molecule has 3 nitrogen and oxygen atoms in total. The van der Waals surface area contributed by atoms with E-state index in [1.807, 2.05) is 6.07 Å². The van der Waals surface area contributed by atoms with Crippen molar-refractivity contribution in [2.45, 2.75) is 26.2 Å².